The van der Waals surface area contributed by atoms with Crippen molar-refractivity contribution < 1.29 is 15.0 Å². The molecule has 0 N–H and O–H groups in total. The van der Waals surface area contributed by atoms with Gasteiger partial charge in [-0.15, -0.1) is 0 Å². The molecule has 0 atom stereocenters. The van der Waals surface area contributed by atoms with Crippen molar-refractivity contribution >= 4 is 11.6 Å². The Hall–Kier alpha value is -1.84. The number of pyridine rings is 1. The van der Waals surface area contributed by atoms with Gasteiger partial charge in [0.05, 0.1) is 18.3 Å². The lowest BCUT2D eigenvalue weighted by atomic mass is 10.4. The third-order valence-corrected chi connectivity index (χ3v) is 1.65. The summed E-state index contributed by atoms with van der Waals surface area (Å²) in [4.78, 5) is 15.5. The van der Waals surface area contributed by atoms with Crippen LogP contribution in [-0.4, -0.2) is 22.0 Å². The average molecular weight is 194 g/mol. The van der Waals surface area contributed by atoms with E-state index in [0.717, 1.165) is 4.40 Å². The molecule has 0 amide bonds. The third-order valence-electron chi connectivity index (χ3n) is 1.65. The van der Waals surface area contributed by atoms with Crippen molar-refractivity contribution in [3.63, 3.8) is 0 Å². The van der Waals surface area contributed by atoms with Crippen molar-refractivity contribution in [1.29, 1.82) is 0 Å². The minimum Gasteiger partial charge on any atom is -0.461 e. The number of aromatic nitrogens is 2. The van der Waals surface area contributed by atoms with E-state index in [4.69, 9.17) is 10.2 Å². The van der Waals surface area contributed by atoms with E-state index < -0.39 is 12.0 Å². The maximum Gasteiger partial charge on any atom is 0.356 e. The number of ether oxygens (including phenoxy) is 1. The van der Waals surface area contributed by atoms with E-state index in [0.29, 0.717) is 0 Å². The predicted molar refractivity (Wildman–Crippen MR) is 51.1 cm³/mol. The molecular formula is C10H10N2O2. The summed E-state index contributed by atoms with van der Waals surface area (Å²) in [6.07, 6.45) is 0.828. The number of nitrogens with zero attached hydrogens (tertiary/aromatic N) is 2. The second-order valence-corrected chi connectivity index (χ2v) is 2.51. The first-order chi connectivity index (χ1) is 8.49. The van der Waals surface area contributed by atoms with Gasteiger partial charge in [0, 0.05) is 6.17 Å². The van der Waals surface area contributed by atoms with Crippen LogP contribution in [0.5, 0.6) is 0 Å². The van der Waals surface area contributed by atoms with Crippen molar-refractivity contribution in [2.24, 2.45) is 0 Å². The highest BCUT2D eigenvalue weighted by atomic mass is 16.5. The minimum absolute atomic E-state index is 0.00375. The molecule has 0 spiro atoms. The lowest BCUT2D eigenvalue weighted by Crippen LogP contribution is -2.07. The van der Waals surface area contributed by atoms with E-state index in [2.05, 4.69) is 4.98 Å². The molecule has 0 aliphatic rings. The van der Waals surface area contributed by atoms with Gasteiger partial charge >= 0.3 is 5.97 Å². The molecule has 2 aromatic rings. The molecule has 72 valence electrons. The highest BCUT2D eigenvalue weighted by Crippen LogP contribution is 2.06. The molecule has 2 rings (SSSR count). The number of esters is 1. The van der Waals surface area contributed by atoms with Crippen LogP contribution in [0.2, 0.25) is 0 Å². The van der Waals surface area contributed by atoms with E-state index in [1.54, 1.807) is 6.92 Å². The van der Waals surface area contributed by atoms with Gasteiger partial charge in [-0.1, -0.05) is 6.04 Å². The first-order valence-corrected chi connectivity index (χ1v) is 4.10. The highest BCUT2D eigenvalue weighted by Gasteiger charge is 2.11. The van der Waals surface area contributed by atoms with Gasteiger partial charge < -0.3 is 4.74 Å². The Morgan fingerprint density at radius 3 is 3.36 bits per heavy atom. The Bertz CT molecular complexity index is 639. The number of carbonyl (C=O) groups is 1. The Kier molecular flexibility index (Phi) is 1.28. The van der Waals surface area contributed by atoms with Gasteiger partial charge in [-0.05, 0) is 19.0 Å². The maximum absolute atomic E-state index is 11.6. The Morgan fingerprint density at radius 1 is 1.71 bits per heavy atom. The zero-order chi connectivity index (χ0) is 13.4. The number of imidazole rings is 1. The summed E-state index contributed by atoms with van der Waals surface area (Å²) in [6.45, 7) is 1.83. The highest BCUT2D eigenvalue weighted by molar-refractivity contribution is 5.88. The zero-order valence-electron chi connectivity index (χ0n) is 11.5. The molecule has 0 aliphatic heterocycles. The fraction of sp³-hybridized carbons (Fsp3) is 0.200. The first kappa shape index (κ1) is 5.14. The van der Waals surface area contributed by atoms with Crippen molar-refractivity contribution in [1.82, 2.24) is 9.38 Å². The van der Waals surface area contributed by atoms with Crippen LogP contribution < -0.4 is 0 Å². The number of hydrogen-bond donors (Lipinski definition) is 0. The molecular weight excluding hydrogens is 180 g/mol. The molecule has 0 saturated heterocycles. The second-order valence-electron chi connectivity index (χ2n) is 2.51. The largest absolute Gasteiger partial charge is 0.461 e. The molecule has 0 radical (unpaired) electrons. The molecule has 0 fully saturated rings. The van der Waals surface area contributed by atoms with E-state index in [1.807, 2.05) is 0 Å². The lowest BCUT2D eigenvalue weighted by Gasteiger charge is -2.00. The Labute approximate surface area is 86.8 Å². The van der Waals surface area contributed by atoms with Crippen LogP contribution in [0.3, 0.4) is 0 Å². The van der Waals surface area contributed by atoms with Crippen LogP contribution in [0.15, 0.2) is 30.5 Å². The molecule has 14 heavy (non-hydrogen) atoms. The molecule has 4 nitrogen and oxygen atoms in total. The smallest absolute Gasteiger partial charge is 0.356 e. The fourth-order valence-corrected chi connectivity index (χ4v) is 1.07. The van der Waals surface area contributed by atoms with Crippen LogP contribution in [0.4, 0.5) is 0 Å². The molecule has 4 heteroatoms. The van der Waals surface area contributed by atoms with Crippen molar-refractivity contribution in [2.45, 2.75) is 6.92 Å². The van der Waals surface area contributed by atoms with Crippen LogP contribution in [0, 0.1) is 0 Å². The zero-order valence-corrected chi connectivity index (χ0v) is 7.50. The SMILES string of the molecule is [2H]c1c([2H])c([2H])n2c(C(=O)OCC)cnc2c1[2H]. The maximum atomic E-state index is 11.6. The predicted octanol–water partition coefficient (Wildman–Crippen LogP) is 1.51. The van der Waals surface area contributed by atoms with Gasteiger partial charge in [0.15, 0.2) is 5.69 Å². The molecule has 0 unspecified atom stereocenters. The number of fused-ring (bicyclic) bond motifs is 1. The third kappa shape index (κ3) is 1.35. The number of carbonyl (C=O) groups excluding carboxylic acids is 1. The fourth-order valence-electron chi connectivity index (χ4n) is 1.07. The van der Waals surface area contributed by atoms with E-state index in [9.17, 15) is 4.79 Å². The topological polar surface area (TPSA) is 43.6 Å². The van der Waals surface area contributed by atoms with Gasteiger partial charge in [0.1, 0.15) is 5.65 Å². The number of rotatable bonds is 2. The monoisotopic (exact) mass is 194 g/mol. The van der Waals surface area contributed by atoms with Gasteiger partial charge in [-0.2, -0.15) is 0 Å². The van der Waals surface area contributed by atoms with Gasteiger partial charge in [-0.3, -0.25) is 4.40 Å². The minimum atomic E-state index is -0.671. The Morgan fingerprint density at radius 2 is 2.57 bits per heavy atom. The molecule has 0 bridgehead atoms. The summed E-state index contributed by atoms with van der Waals surface area (Å²) in [5, 5.41) is 0. The van der Waals surface area contributed by atoms with Gasteiger partial charge in [0.25, 0.3) is 0 Å². The lowest BCUT2D eigenvalue weighted by molar-refractivity contribution is 0.0518. The summed E-state index contributed by atoms with van der Waals surface area (Å²) in [5.74, 6) is -0.671. The van der Waals surface area contributed by atoms with Gasteiger partial charge in [-0.25, -0.2) is 9.78 Å². The molecule has 2 heterocycles. The van der Waals surface area contributed by atoms with Crippen LogP contribution in [-0.2, 0) is 4.74 Å². The molecule has 0 saturated carbocycles. The van der Waals surface area contributed by atoms with Gasteiger partial charge in [0.2, 0.25) is 0 Å². The average Bonchev–Trinajstić information content (AvgIpc) is 2.79. The van der Waals surface area contributed by atoms with Crippen molar-refractivity contribution in [3.8, 4) is 0 Å². The summed E-state index contributed by atoms with van der Waals surface area (Å²) < 4.78 is 36.3. The standard InChI is InChI=1S/C10H10N2O2/c1-2-14-10(13)8-7-11-9-5-3-4-6-12(8)9/h3-7H,2H2,1H3/i3D,4D,5D,6D. The van der Waals surface area contributed by atoms with E-state index in [1.165, 1.54) is 6.20 Å². The summed E-state index contributed by atoms with van der Waals surface area (Å²) in [7, 11) is 0. The first-order valence-electron chi connectivity index (χ1n) is 6.10. The normalized spacial score (nSPS) is 14.4. The van der Waals surface area contributed by atoms with Crippen LogP contribution in [0.1, 0.15) is 22.9 Å². The quantitative estimate of drug-likeness (QED) is 0.680. The van der Waals surface area contributed by atoms with Crippen molar-refractivity contribution in [3.05, 3.63) is 36.2 Å². The van der Waals surface area contributed by atoms with E-state index >= 15 is 0 Å². The van der Waals surface area contributed by atoms with Crippen LogP contribution >= 0.6 is 0 Å². The Balaban J connectivity index is 2.77. The second kappa shape index (κ2) is 3.49. The molecule has 2 aromatic heterocycles. The van der Waals surface area contributed by atoms with Crippen molar-refractivity contribution in [2.75, 3.05) is 6.61 Å². The summed E-state index contributed by atoms with van der Waals surface area (Å²) in [6, 6.07) is -1.09. The number of hydrogen-bond acceptors (Lipinski definition) is 3. The summed E-state index contributed by atoms with van der Waals surface area (Å²) >= 11 is 0. The van der Waals surface area contributed by atoms with Crippen LogP contribution in [0.25, 0.3) is 5.65 Å². The van der Waals surface area contributed by atoms with E-state index in [-0.39, 0.29) is 36.2 Å². The summed E-state index contributed by atoms with van der Waals surface area (Å²) in [5.41, 5.74) is -0.0112. The molecule has 0 aliphatic carbocycles. The molecule has 0 aromatic carbocycles.